The summed E-state index contributed by atoms with van der Waals surface area (Å²) in [5.74, 6) is 1.59. The van der Waals surface area contributed by atoms with E-state index in [2.05, 4.69) is 11.5 Å². The summed E-state index contributed by atoms with van der Waals surface area (Å²) in [6.45, 7) is 7.33. The van der Waals surface area contributed by atoms with Gasteiger partial charge in [0, 0.05) is 26.2 Å². The molecule has 1 aliphatic heterocycles. The fraction of sp³-hybridized carbons (Fsp3) is 0.667. The lowest BCUT2D eigenvalue weighted by Crippen LogP contribution is -2.35. The second-order valence-electron chi connectivity index (χ2n) is 8.37. The quantitative estimate of drug-likeness (QED) is 0.724. The van der Waals surface area contributed by atoms with Gasteiger partial charge in [-0.3, -0.25) is 0 Å². The lowest BCUT2D eigenvalue weighted by atomic mass is 10.00. The van der Waals surface area contributed by atoms with Gasteiger partial charge in [0.2, 0.25) is 0 Å². The van der Waals surface area contributed by atoms with Crippen LogP contribution in [-0.4, -0.2) is 47.6 Å². The molecule has 3 rings (SSSR count). The molecule has 0 spiro atoms. The second-order valence-corrected chi connectivity index (χ2v) is 11.0. The molecule has 6 nitrogen and oxygen atoms in total. The highest BCUT2D eigenvalue weighted by Gasteiger charge is 2.35. The van der Waals surface area contributed by atoms with Crippen LogP contribution in [0.4, 0.5) is 0 Å². The molecule has 0 unspecified atom stereocenters. The van der Waals surface area contributed by atoms with Crippen LogP contribution in [0.25, 0.3) is 11.0 Å². The number of unbranched alkanes of at least 4 members (excludes halogenated alkanes) is 1. The summed E-state index contributed by atoms with van der Waals surface area (Å²) in [6, 6.07) is 5.19. The predicted molar refractivity (Wildman–Crippen MR) is 110 cm³/mol. The van der Waals surface area contributed by atoms with Gasteiger partial charge in [0.05, 0.1) is 27.3 Å². The Morgan fingerprint density at radius 2 is 2.00 bits per heavy atom. The highest BCUT2D eigenvalue weighted by molar-refractivity contribution is 7.92. The Morgan fingerprint density at radius 1 is 1.29 bits per heavy atom. The van der Waals surface area contributed by atoms with Gasteiger partial charge in [0.1, 0.15) is 5.82 Å². The molecule has 1 saturated heterocycles. The van der Waals surface area contributed by atoms with E-state index in [1.165, 1.54) is 0 Å². The fourth-order valence-electron chi connectivity index (χ4n) is 3.65. The van der Waals surface area contributed by atoms with Gasteiger partial charge in [0.25, 0.3) is 0 Å². The third kappa shape index (κ3) is 4.11. The molecule has 2 heterocycles. The number of aryl methyl sites for hydroxylation is 1. The van der Waals surface area contributed by atoms with Crippen molar-refractivity contribution in [2.75, 3.05) is 19.8 Å². The molecule has 7 heteroatoms. The molecule has 0 atom stereocenters. The van der Waals surface area contributed by atoms with E-state index in [1.54, 1.807) is 26.0 Å². The Kier molecular flexibility index (Phi) is 6.47. The first-order valence-electron chi connectivity index (χ1n) is 10.2. The number of fused-ring (bicyclic) bond motifs is 1. The van der Waals surface area contributed by atoms with Crippen LogP contribution in [0.3, 0.4) is 0 Å². The van der Waals surface area contributed by atoms with Crippen LogP contribution in [0.1, 0.15) is 52.3 Å². The van der Waals surface area contributed by atoms with Gasteiger partial charge in [-0.25, -0.2) is 13.4 Å². The molecule has 1 fully saturated rings. The average Bonchev–Trinajstić information content (AvgIpc) is 3.03. The van der Waals surface area contributed by atoms with Crippen LogP contribution in [-0.2, 0) is 27.5 Å². The zero-order chi connectivity index (χ0) is 20.4. The predicted octanol–water partition coefficient (Wildman–Crippen LogP) is 3.35. The minimum atomic E-state index is -3.64. The van der Waals surface area contributed by atoms with Crippen molar-refractivity contribution < 1.29 is 18.3 Å². The largest absolute Gasteiger partial charge is 0.395 e. The Labute approximate surface area is 167 Å². The van der Waals surface area contributed by atoms with E-state index in [9.17, 15) is 13.5 Å². The second kappa shape index (κ2) is 8.51. The minimum Gasteiger partial charge on any atom is -0.395 e. The van der Waals surface area contributed by atoms with Crippen molar-refractivity contribution in [3.63, 3.8) is 0 Å². The number of rotatable bonds is 8. The molecule has 2 aromatic rings. The fourth-order valence-corrected chi connectivity index (χ4v) is 4.97. The van der Waals surface area contributed by atoms with Gasteiger partial charge in [0.15, 0.2) is 9.84 Å². The van der Waals surface area contributed by atoms with Gasteiger partial charge in [-0.05, 0) is 57.2 Å². The number of aromatic nitrogens is 2. The third-order valence-electron chi connectivity index (χ3n) is 5.75. The number of hydrogen-bond donors (Lipinski definition) is 1. The Bertz CT molecular complexity index is 912. The van der Waals surface area contributed by atoms with Crippen molar-refractivity contribution in [2.24, 2.45) is 5.92 Å². The lowest BCUT2D eigenvalue weighted by Gasteiger charge is -2.24. The summed E-state index contributed by atoms with van der Waals surface area (Å²) in [6.07, 6.45) is 5.12. The van der Waals surface area contributed by atoms with E-state index in [-0.39, 0.29) is 4.90 Å². The van der Waals surface area contributed by atoms with Gasteiger partial charge in [-0.15, -0.1) is 0 Å². The Balaban J connectivity index is 2.01. The summed E-state index contributed by atoms with van der Waals surface area (Å²) in [4.78, 5) is 5.02. The number of sulfone groups is 1. The molecule has 1 N–H and O–H groups in total. The third-order valence-corrected chi connectivity index (χ3v) is 8.21. The summed E-state index contributed by atoms with van der Waals surface area (Å²) in [7, 11) is -3.64. The van der Waals surface area contributed by atoms with E-state index in [4.69, 9.17) is 9.72 Å². The summed E-state index contributed by atoms with van der Waals surface area (Å²) in [5, 5.41) is 9.52. The van der Waals surface area contributed by atoms with E-state index >= 15 is 0 Å². The van der Waals surface area contributed by atoms with Gasteiger partial charge >= 0.3 is 0 Å². The van der Waals surface area contributed by atoms with E-state index in [1.807, 2.05) is 6.07 Å². The van der Waals surface area contributed by atoms with Crippen molar-refractivity contribution in [1.29, 1.82) is 0 Å². The molecule has 156 valence electrons. The first-order chi connectivity index (χ1) is 13.3. The summed E-state index contributed by atoms with van der Waals surface area (Å²) in [5.41, 5.74) is 1.70. The van der Waals surface area contributed by atoms with Crippen molar-refractivity contribution in [3.05, 3.63) is 24.0 Å². The highest BCUT2D eigenvalue weighted by atomic mass is 32.2. The van der Waals surface area contributed by atoms with Crippen LogP contribution in [0.15, 0.2) is 23.1 Å². The van der Waals surface area contributed by atoms with Crippen LogP contribution in [0, 0.1) is 5.92 Å². The van der Waals surface area contributed by atoms with Gasteiger partial charge < -0.3 is 14.4 Å². The molecule has 1 aromatic carbocycles. The molecular formula is C21H32N2O4S. The Hall–Kier alpha value is -1.44. The number of imidazole rings is 1. The van der Waals surface area contributed by atoms with E-state index in [0.717, 1.165) is 63.2 Å². The number of nitrogens with zero attached hydrogens (tertiary/aromatic N) is 2. The number of aliphatic hydroxyl groups is 1. The standard InChI is InChI=1S/C21H32N2O4S/c1-4-5-6-20-22-18-13-17(28(25,26)21(2,3)15-24)7-8-19(18)23(20)14-16-9-11-27-12-10-16/h7-8,13,16,24H,4-6,9-12,14-15H2,1-3H3. The van der Waals surface area contributed by atoms with Gasteiger partial charge in [-0.1, -0.05) is 13.3 Å². The topological polar surface area (TPSA) is 81.4 Å². The molecule has 0 saturated carbocycles. The van der Waals surface area contributed by atoms with Crippen LogP contribution in [0.2, 0.25) is 0 Å². The van der Waals surface area contributed by atoms with E-state index in [0.29, 0.717) is 11.4 Å². The first kappa shape index (κ1) is 21.3. The molecule has 28 heavy (non-hydrogen) atoms. The molecule has 0 bridgehead atoms. The number of benzene rings is 1. The highest BCUT2D eigenvalue weighted by Crippen LogP contribution is 2.29. The van der Waals surface area contributed by atoms with Crippen molar-refractivity contribution in [2.45, 2.75) is 69.1 Å². The smallest absolute Gasteiger partial charge is 0.185 e. The summed E-state index contributed by atoms with van der Waals surface area (Å²) >= 11 is 0. The molecule has 0 radical (unpaired) electrons. The van der Waals surface area contributed by atoms with Crippen LogP contribution < -0.4 is 0 Å². The average molecular weight is 409 g/mol. The molecule has 1 aromatic heterocycles. The monoisotopic (exact) mass is 408 g/mol. The van der Waals surface area contributed by atoms with Crippen molar-refractivity contribution in [1.82, 2.24) is 9.55 Å². The van der Waals surface area contributed by atoms with Crippen LogP contribution in [0.5, 0.6) is 0 Å². The molecule has 0 amide bonds. The van der Waals surface area contributed by atoms with Gasteiger partial charge in [-0.2, -0.15) is 0 Å². The number of ether oxygens (including phenoxy) is 1. The molecule has 1 aliphatic rings. The van der Waals surface area contributed by atoms with E-state index < -0.39 is 21.2 Å². The maximum Gasteiger partial charge on any atom is 0.185 e. The SMILES string of the molecule is CCCCc1nc2cc(S(=O)(=O)C(C)(C)CO)ccc2n1CC1CCOCC1. The molecule has 0 aliphatic carbocycles. The number of aliphatic hydroxyl groups excluding tert-OH is 1. The van der Waals surface area contributed by atoms with Crippen molar-refractivity contribution in [3.8, 4) is 0 Å². The maximum atomic E-state index is 12.9. The zero-order valence-electron chi connectivity index (χ0n) is 17.1. The Morgan fingerprint density at radius 3 is 2.64 bits per heavy atom. The zero-order valence-corrected chi connectivity index (χ0v) is 18.0. The minimum absolute atomic E-state index is 0.219. The maximum absolute atomic E-state index is 12.9. The summed E-state index contributed by atoms with van der Waals surface area (Å²) < 4.78 is 32.3. The number of hydrogen-bond acceptors (Lipinski definition) is 5. The first-order valence-corrected chi connectivity index (χ1v) is 11.7. The lowest BCUT2D eigenvalue weighted by molar-refractivity contribution is 0.0613. The molecular weight excluding hydrogens is 376 g/mol. The van der Waals surface area contributed by atoms with Crippen molar-refractivity contribution >= 4 is 20.9 Å². The van der Waals surface area contributed by atoms with Crippen LogP contribution >= 0.6 is 0 Å². The normalized spacial score (nSPS) is 16.7.